The third kappa shape index (κ3) is 9.50. The molecule has 1 aliphatic rings. The van der Waals surface area contributed by atoms with E-state index in [-0.39, 0.29) is 10.8 Å². The summed E-state index contributed by atoms with van der Waals surface area (Å²) in [6, 6.07) is 0. The summed E-state index contributed by atoms with van der Waals surface area (Å²) in [4.78, 5) is 24.7. The highest BCUT2D eigenvalue weighted by molar-refractivity contribution is 6.46. The lowest BCUT2D eigenvalue weighted by atomic mass is 9.75. The molecular weight excluding hydrogens is 436 g/mol. The molecule has 1 saturated carbocycles. The van der Waals surface area contributed by atoms with E-state index in [1.165, 1.54) is 23.8 Å². The highest BCUT2D eigenvalue weighted by atomic mass is 16.5. The number of aliphatic hydroxyl groups excluding tert-OH is 1. The molecule has 1 aliphatic carbocycles. The molecule has 1 N–H and O–H groups in total. The van der Waals surface area contributed by atoms with Crippen LogP contribution in [0.15, 0.2) is 59.3 Å². The molecule has 1 fully saturated rings. The van der Waals surface area contributed by atoms with E-state index in [9.17, 15) is 14.7 Å². The highest BCUT2D eigenvalue weighted by Gasteiger charge is 2.45. The number of carbonyl (C=O) groups excluding carboxylic acids is 2. The third-order valence-corrected chi connectivity index (χ3v) is 6.83. The average Bonchev–Trinajstić information content (AvgIpc) is 2.76. The topological polar surface area (TPSA) is 63.6 Å². The van der Waals surface area contributed by atoms with Crippen LogP contribution < -0.4 is 0 Å². The van der Waals surface area contributed by atoms with Crippen molar-refractivity contribution in [1.29, 1.82) is 0 Å². The van der Waals surface area contributed by atoms with Gasteiger partial charge in [-0.05, 0) is 70.6 Å². The molecule has 35 heavy (non-hydrogen) atoms. The van der Waals surface area contributed by atoms with E-state index >= 15 is 0 Å². The number of methoxy groups -OCH3 is 1. The van der Waals surface area contributed by atoms with Gasteiger partial charge in [0.25, 0.3) is 0 Å². The van der Waals surface area contributed by atoms with E-state index in [0.29, 0.717) is 12.0 Å². The molecule has 4 heteroatoms. The molecule has 0 heterocycles. The zero-order valence-corrected chi connectivity index (χ0v) is 23.5. The smallest absolute Gasteiger partial charge is 0.234 e. The molecule has 0 aromatic rings. The van der Waals surface area contributed by atoms with Gasteiger partial charge in [0.1, 0.15) is 6.10 Å². The maximum atomic E-state index is 12.5. The van der Waals surface area contributed by atoms with Crippen LogP contribution in [-0.2, 0) is 14.3 Å². The number of ether oxygens (including phenoxy) is 1. The number of carbonyl (C=O) groups is 2. The SMILES string of the molecule is C=CC(=CCC(C)(C)C/C(C)=C/CC1/C(=C\C)C(=O)C(=O)C(OC)C1O)CC(C)(C)CC=C(C)C. The predicted octanol–water partition coefficient (Wildman–Crippen LogP) is 7.10. The van der Waals surface area contributed by atoms with Crippen molar-refractivity contribution >= 4 is 11.6 Å². The molecule has 0 aromatic heterocycles. The summed E-state index contributed by atoms with van der Waals surface area (Å²) in [5.41, 5.74) is 4.45. The van der Waals surface area contributed by atoms with Crippen LogP contribution in [0, 0.1) is 16.7 Å². The maximum absolute atomic E-state index is 12.5. The molecule has 0 bridgehead atoms. The second-order valence-electron chi connectivity index (χ2n) is 11.8. The number of Topliss-reactive ketones (excluding diaryl/α,β-unsaturated/α-hetero) is 2. The Hall–Kier alpha value is -2.04. The fourth-order valence-electron chi connectivity index (χ4n) is 4.82. The van der Waals surface area contributed by atoms with Gasteiger partial charge in [0.15, 0.2) is 0 Å². The maximum Gasteiger partial charge on any atom is 0.234 e. The molecule has 0 saturated heterocycles. The minimum absolute atomic E-state index is 0.0500. The first-order valence-corrected chi connectivity index (χ1v) is 12.7. The van der Waals surface area contributed by atoms with Crippen molar-refractivity contribution < 1.29 is 19.4 Å². The van der Waals surface area contributed by atoms with E-state index in [0.717, 1.165) is 25.7 Å². The van der Waals surface area contributed by atoms with Crippen molar-refractivity contribution in [2.45, 2.75) is 99.7 Å². The molecule has 3 unspecified atom stereocenters. The number of hydrogen-bond donors (Lipinski definition) is 1. The van der Waals surface area contributed by atoms with Crippen LogP contribution in [-0.4, -0.2) is 36.0 Å². The Morgan fingerprint density at radius 3 is 2.09 bits per heavy atom. The summed E-state index contributed by atoms with van der Waals surface area (Å²) in [5.74, 6) is -1.65. The number of rotatable bonds is 12. The van der Waals surface area contributed by atoms with Crippen molar-refractivity contribution in [2.75, 3.05) is 7.11 Å². The second kappa shape index (κ2) is 13.3. The fourth-order valence-corrected chi connectivity index (χ4v) is 4.82. The Balaban J connectivity index is 2.88. The summed E-state index contributed by atoms with van der Waals surface area (Å²) >= 11 is 0. The first-order chi connectivity index (χ1) is 16.2. The van der Waals surface area contributed by atoms with Gasteiger partial charge in [0.2, 0.25) is 11.6 Å². The molecule has 0 spiro atoms. The molecule has 3 atom stereocenters. The zero-order valence-electron chi connectivity index (χ0n) is 23.5. The largest absolute Gasteiger partial charge is 0.389 e. The van der Waals surface area contributed by atoms with Gasteiger partial charge in [0, 0.05) is 18.6 Å². The minimum Gasteiger partial charge on any atom is -0.389 e. The van der Waals surface area contributed by atoms with Gasteiger partial charge in [-0.3, -0.25) is 9.59 Å². The average molecular weight is 485 g/mol. The molecule has 196 valence electrons. The van der Waals surface area contributed by atoms with Crippen LogP contribution in [0.5, 0.6) is 0 Å². The van der Waals surface area contributed by atoms with Gasteiger partial charge >= 0.3 is 0 Å². The monoisotopic (exact) mass is 484 g/mol. The van der Waals surface area contributed by atoms with Gasteiger partial charge in [0.05, 0.1) is 6.10 Å². The molecular formula is C31H48O4. The standard InChI is InChI=1S/C31H48O4/c1-11-23(20-31(8,9)17-15-21(3)4)16-18-30(6,7)19-22(5)13-14-25-24(12-2)26(32)28(34)29(35-10)27(25)33/h11-13,15-16,25,27,29,33H,1,14,17-20H2,2-10H3/b22-13+,23-16?,24-12+. The van der Waals surface area contributed by atoms with Crippen molar-refractivity contribution in [1.82, 2.24) is 0 Å². The lowest BCUT2D eigenvalue weighted by Crippen LogP contribution is -2.51. The number of ketones is 2. The van der Waals surface area contributed by atoms with Gasteiger partial charge in [-0.2, -0.15) is 0 Å². The molecule has 0 radical (unpaired) electrons. The normalized spacial score (nSPS) is 23.6. The van der Waals surface area contributed by atoms with Crippen LogP contribution in [0.25, 0.3) is 0 Å². The van der Waals surface area contributed by atoms with Crippen LogP contribution in [0.3, 0.4) is 0 Å². The van der Waals surface area contributed by atoms with Crippen molar-refractivity contribution in [3.8, 4) is 0 Å². The first-order valence-electron chi connectivity index (χ1n) is 12.7. The van der Waals surface area contributed by atoms with E-state index in [4.69, 9.17) is 4.74 Å². The molecule has 1 rings (SSSR count). The van der Waals surface area contributed by atoms with Crippen LogP contribution in [0.4, 0.5) is 0 Å². The number of hydrogen-bond acceptors (Lipinski definition) is 4. The lowest BCUT2D eigenvalue weighted by molar-refractivity contribution is -0.151. The zero-order chi connectivity index (χ0) is 27.0. The molecule has 0 aromatic carbocycles. The van der Waals surface area contributed by atoms with E-state index in [1.54, 1.807) is 13.0 Å². The fraction of sp³-hybridized carbons (Fsp3) is 0.613. The van der Waals surface area contributed by atoms with Crippen LogP contribution >= 0.6 is 0 Å². The first kappa shape index (κ1) is 31.0. The van der Waals surface area contributed by atoms with Gasteiger partial charge in [-0.1, -0.05) is 81.4 Å². The third-order valence-electron chi connectivity index (χ3n) is 6.83. The molecule has 4 nitrogen and oxygen atoms in total. The lowest BCUT2D eigenvalue weighted by Gasteiger charge is -2.33. The van der Waals surface area contributed by atoms with Crippen LogP contribution in [0.2, 0.25) is 0 Å². The van der Waals surface area contributed by atoms with E-state index in [2.05, 4.69) is 73.3 Å². The Bertz CT molecular complexity index is 891. The molecule has 0 amide bonds. The summed E-state index contributed by atoms with van der Waals surface area (Å²) in [6.45, 7) is 21.3. The number of aliphatic hydroxyl groups is 1. The van der Waals surface area contributed by atoms with Gasteiger partial charge in [-0.15, -0.1) is 0 Å². The Morgan fingerprint density at radius 2 is 1.57 bits per heavy atom. The number of allylic oxidation sites excluding steroid dienone is 8. The summed E-state index contributed by atoms with van der Waals surface area (Å²) in [6.07, 6.45) is 12.6. The Kier molecular flexibility index (Phi) is 11.8. The Labute approximate surface area is 213 Å². The van der Waals surface area contributed by atoms with Crippen molar-refractivity contribution in [2.24, 2.45) is 16.7 Å². The van der Waals surface area contributed by atoms with Crippen LogP contribution in [0.1, 0.15) is 87.5 Å². The van der Waals surface area contributed by atoms with Gasteiger partial charge in [-0.25, -0.2) is 0 Å². The van der Waals surface area contributed by atoms with Gasteiger partial charge < -0.3 is 9.84 Å². The van der Waals surface area contributed by atoms with E-state index in [1.807, 2.05) is 6.08 Å². The minimum atomic E-state index is -1.09. The van der Waals surface area contributed by atoms with Crippen molar-refractivity contribution in [3.05, 3.63) is 59.3 Å². The second-order valence-corrected chi connectivity index (χ2v) is 11.8. The quantitative estimate of drug-likeness (QED) is 0.139. The molecule has 0 aliphatic heterocycles. The van der Waals surface area contributed by atoms with E-state index < -0.39 is 29.7 Å². The highest BCUT2D eigenvalue weighted by Crippen LogP contribution is 2.35. The Morgan fingerprint density at radius 1 is 1.00 bits per heavy atom. The summed E-state index contributed by atoms with van der Waals surface area (Å²) in [5, 5.41) is 10.7. The summed E-state index contributed by atoms with van der Waals surface area (Å²) in [7, 11) is 1.36. The summed E-state index contributed by atoms with van der Waals surface area (Å²) < 4.78 is 5.14. The predicted molar refractivity (Wildman–Crippen MR) is 146 cm³/mol. The van der Waals surface area contributed by atoms with Crippen molar-refractivity contribution in [3.63, 3.8) is 0 Å².